The number of carbonyl (C=O) groups is 1. The van der Waals surface area contributed by atoms with E-state index in [0.717, 1.165) is 41.3 Å². The number of aromatic nitrogens is 1. The topological polar surface area (TPSA) is 30.0 Å². The average Bonchev–Trinajstić information content (AvgIpc) is 2.46. The maximum Gasteiger partial charge on any atom is 0.188 e. The van der Waals surface area contributed by atoms with Gasteiger partial charge in [0.2, 0.25) is 0 Å². The van der Waals surface area contributed by atoms with E-state index in [0.29, 0.717) is 0 Å². The molecule has 0 radical (unpaired) electrons. The zero-order valence-corrected chi connectivity index (χ0v) is 11.6. The molecule has 1 aliphatic carbocycles. The summed E-state index contributed by atoms with van der Waals surface area (Å²) >= 11 is 0. The Labute approximate surface area is 119 Å². The lowest BCUT2D eigenvalue weighted by atomic mass is 9.93. The fraction of sp³-hybridized carbons (Fsp3) is 0.333. The Morgan fingerprint density at radius 2 is 1.95 bits per heavy atom. The van der Waals surface area contributed by atoms with Crippen molar-refractivity contribution in [2.45, 2.75) is 38.5 Å². The van der Waals surface area contributed by atoms with Crippen molar-refractivity contribution in [3.05, 3.63) is 53.7 Å². The number of rotatable bonds is 2. The van der Waals surface area contributed by atoms with Crippen LogP contribution in [-0.4, -0.2) is 10.8 Å². The molecule has 0 saturated carbocycles. The molecule has 1 aliphatic rings. The van der Waals surface area contributed by atoms with Gasteiger partial charge < -0.3 is 0 Å². The predicted molar refractivity (Wildman–Crippen MR) is 81.9 cm³/mol. The van der Waals surface area contributed by atoms with Gasteiger partial charge in [-0.25, -0.2) is 0 Å². The van der Waals surface area contributed by atoms with Crippen molar-refractivity contribution in [3.63, 3.8) is 0 Å². The summed E-state index contributed by atoms with van der Waals surface area (Å²) < 4.78 is 0. The number of allylic oxidation sites excluding steroid dienone is 2. The van der Waals surface area contributed by atoms with Gasteiger partial charge in [-0.3, -0.25) is 9.78 Å². The molecule has 2 nitrogen and oxygen atoms in total. The number of hydrogen-bond donors (Lipinski definition) is 0. The van der Waals surface area contributed by atoms with Gasteiger partial charge in [0.25, 0.3) is 0 Å². The molecule has 0 spiro atoms. The van der Waals surface area contributed by atoms with Crippen LogP contribution in [0.2, 0.25) is 0 Å². The first-order valence-corrected chi connectivity index (χ1v) is 7.43. The number of fused-ring (bicyclic) bond motifs is 1. The summed E-state index contributed by atoms with van der Waals surface area (Å²) in [6.45, 7) is 0. The summed E-state index contributed by atoms with van der Waals surface area (Å²) in [6.07, 6.45) is 10.8. The van der Waals surface area contributed by atoms with Crippen molar-refractivity contribution >= 4 is 16.7 Å². The molecular weight excluding hydrogens is 246 g/mol. The van der Waals surface area contributed by atoms with Crippen molar-refractivity contribution in [2.24, 2.45) is 0 Å². The minimum Gasteiger partial charge on any atom is -0.289 e. The van der Waals surface area contributed by atoms with E-state index in [2.05, 4.69) is 11.1 Å². The minimum atomic E-state index is 0.192. The zero-order valence-electron chi connectivity index (χ0n) is 11.6. The second kappa shape index (κ2) is 6.00. The van der Waals surface area contributed by atoms with Gasteiger partial charge in [-0.05, 0) is 55.5 Å². The number of pyridine rings is 1. The van der Waals surface area contributed by atoms with Crippen molar-refractivity contribution in [1.82, 2.24) is 4.98 Å². The fourth-order valence-corrected chi connectivity index (χ4v) is 2.80. The highest BCUT2D eigenvalue weighted by Crippen LogP contribution is 2.22. The van der Waals surface area contributed by atoms with E-state index in [9.17, 15) is 4.79 Å². The van der Waals surface area contributed by atoms with Crippen LogP contribution in [0, 0.1) is 0 Å². The lowest BCUT2D eigenvalue weighted by Crippen LogP contribution is -2.05. The number of carbonyl (C=O) groups excluding carboxylic acids is 1. The first-order valence-electron chi connectivity index (χ1n) is 7.43. The van der Waals surface area contributed by atoms with Crippen LogP contribution in [0.1, 0.15) is 48.9 Å². The first kappa shape index (κ1) is 13.0. The summed E-state index contributed by atoms with van der Waals surface area (Å²) in [5.74, 6) is 0.192. The quantitative estimate of drug-likeness (QED) is 0.737. The molecule has 0 unspecified atom stereocenters. The molecule has 0 aliphatic heterocycles. The molecule has 2 heteroatoms. The standard InChI is InChI=1S/C18H19NO/c20-18(14-7-4-2-1-3-5-8-14)16-10-11-17-15(13-16)9-6-12-19-17/h6-7,9-13H,1-5,8H2/b14-7+. The van der Waals surface area contributed by atoms with Crippen LogP contribution in [0.5, 0.6) is 0 Å². The highest BCUT2D eigenvalue weighted by molar-refractivity contribution is 6.10. The van der Waals surface area contributed by atoms with Gasteiger partial charge in [-0.2, -0.15) is 0 Å². The molecule has 3 rings (SSSR count). The Kier molecular flexibility index (Phi) is 3.91. The summed E-state index contributed by atoms with van der Waals surface area (Å²) in [7, 11) is 0. The molecule has 102 valence electrons. The van der Waals surface area contributed by atoms with E-state index < -0.39 is 0 Å². The second-order valence-corrected chi connectivity index (χ2v) is 5.42. The van der Waals surface area contributed by atoms with Crippen molar-refractivity contribution in [1.29, 1.82) is 0 Å². The van der Waals surface area contributed by atoms with Crippen LogP contribution in [0.3, 0.4) is 0 Å². The Bertz CT molecular complexity index is 657. The van der Waals surface area contributed by atoms with E-state index >= 15 is 0 Å². The molecule has 0 fully saturated rings. The number of Topliss-reactive ketones (excluding diaryl/α,β-unsaturated/α-hetero) is 1. The van der Waals surface area contributed by atoms with Gasteiger partial charge in [-0.1, -0.05) is 25.0 Å². The van der Waals surface area contributed by atoms with Crippen molar-refractivity contribution in [3.8, 4) is 0 Å². The molecule has 0 atom stereocenters. The van der Waals surface area contributed by atoms with Crippen LogP contribution in [0.4, 0.5) is 0 Å². The number of ketones is 1. The Hall–Kier alpha value is -1.96. The monoisotopic (exact) mass is 265 g/mol. The predicted octanol–water partition coefficient (Wildman–Crippen LogP) is 4.70. The van der Waals surface area contributed by atoms with E-state index in [1.165, 1.54) is 19.3 Å². The maximum absolute atomic E-state index is 12.6. The van der Waals surface area contributed by atoms with E-state index in [-0.39, 0.29) is 5.78 Å². The molecule has 0 amide bonds. The van der Waals surface area contributed by atoms with Gasteiger partial charge in [0.1, 0.15) is 0 Å². The third kappa shape index (κ3) is 2.79. The van der Waals surface area contributed by atoms with Gasteiger partial charge >= 0.3 is 0 Å². The molecule has 1 heterocycles. The molecule has 2 aromatic rings. The van der Waals surface area contributed by atoms with Gasteiger partial charge in [0.15, 0.2) is 5.78 Å². The molecule has 1 aromatic carbocycles. The van der Waals surface area contributed by atoms with E-state index in [1.807, 2.05) is 30.3 Å². The largest absolute Gasteiger partial charge is 0.289 e. The number of hydrogen-bond acceptors (Lipinski definition) is 2. The lowest BCUT2D eigenvalue weighted by molar-refractivity contribution is 0.102. The Morgan fingerprint density at radius 1 is 1.05 bits per heavy atom. The van der Waals surface area contributed by atoms with Gasteiger partial charge in [0, 0.05) is 17.1 Å². The summed E-state index contributed by atoms with van der Waals surface area (Å²) in [5.41, 5.74) is 2.72. The third-order valence-electron chi connectivity index (χ3n) is 3.95. The Balaban J connectivity index is 1.91. The zero-order chi connectivity index (χ0) is 13.8. The van der Waals surface area contributed by atoms with Crippen LogP contribution in [-0.2, 0) is 0 Å². The second-order valence-electron chi connectivity index (χ2n) is 5.42. The van der Waals surface area contributed by atoms with Crippen molar-refractivity contribution in [2.75, 3.05) is 0 Å². The minimum absolute atomic E-state index is 0.192. The third-order valence-corrected chi connectivity index (χ3v) is 3.95. The normalized spacial score (nSPS) is 18.9. The van der Waals surface area contributed by atoms with Crippen LogP contribution < -0.4 is 0 Å². The number of benzene rings is 1. The number of nitrogens with zero attached hydrogens (tertiary/aromatic N) is 1. The molecule has 1 aromatic heterocycles. The van der Waals surface area contributed by atoms with Crippen LogP contribution in [0.15, 0.2) is 48.2 Å². The molecule has 0 N–H and O–H groups in total. The summed E-state index contributed by atoms with van der Waals surface area (Å²) in [4.78, 5) is 16.9. The average molecular weight is 265 g/mol. The Morgan fingerprint density at radius 3 is 2.90 bits per heavy atom. The van der Waals surface area contributed by atoms with Crippen molar-refractivity contribution < 1.29 is 4.79 Å². The van der Waals surface area contributed by atoms with E-state index in [4.69, 9.17) is 0 Å². The molecule has 20 heavy (non-hydrogen) atoms. The molecule has 0 bridgehead atoms. The van der Waals surface area contributed by atoms with Crippen LogP contribution in [0.25, 0.3) is 10.9 Å². The van der Waals surface area contributed by atoms with Crippen LogP contribution >= 0.6 is 0 Å². The maximum atomic E-state index is 12.6. The SMILES string of the molecule is O=C(/C1=C/CCCCCC1)c1ccc2ncccc2c1. The molecule has 0 saturated heterocycles. The highest BCUT2D eigenvalue weighted by atomic mass is 16.1. The van der Waals surface area contributed by atoms with Gasteiger partial charge in [-0.15, -0.1) is 0 Å². The fourth-order valence-electron chi connectivity index (χ4n) is 2.80. The lowest BCUT2D eigenvalue weighted by Gasteiger charge is -2.11. The molecular formula is C18H19NO. The highest BCUT2D eigenvalue weighted by Gasteiger charge is 2.13. The summed E-state index contributed by atoms with van der Waals surface area (Å²) in [5, 5.41) is 1.03. The summed E-state index contributed by atoms with van der Waals surface area (Å²) in [6, 6.07) is 9.71. The van der Waals surface area contributed by atoms with E-state index in [1.54, 1.807) is 6.20 Å². The van der Waals surface area contributed by atoms with Gasteiger partial charge in [0.05, 0.1) is 5.52 Å². The first-order chi connectivity index (χ1) is 9.84. The smallest absolute Gasteiger partial charge is 0.188 e.